The molecule has 2 heterocycles. The largest absolute Gasteiger partial charge is 0.417 e. The molecule has 2 rings (SSSR count). The van der Waals surface area contributed by atoms with Crippen molar-refractivity contribution in [2.24, 2.45) is 0 Å². The van der Waals surface area contributed by atoms with Crippen LogP contribution < -0.4 is 5.32 Å². The molecule has 0 aliphatic carbocycles. The van der Waals surface area contributed by atoms with Gasteiger partial charge < -0.3 is 10.2 Å². The number of nitrogens with zero attached hydrogens (tertiary/aromatic N) is 3. The average molecular weight is 384 g/mol. The number of nitrogens with one attached hydrogen (secondary N) is 1. The Hall–Kier alpha value is -2.09. The van der Waals surface area contributed by atoms with Crippen molar-refractivity contribution in [3.63, 3.8) is 0 Å². The van der Waals surface area contributed by atoms with Crippen LogP contribution in [0.5, 0.6) is 0 Å². The summed E-state index contributed by atoms with van der Waals surface area (Å²) in [5, 5.41) is 2.83. The van der Waals surface area contributed by atoms with Crippen LogP contribution in [0.15, 0.2) is 18.3 Å². The van der Waals surface area contributed by atoms with Crippen molar-refractivity contribution in [3.8, 4) is 0 Å². The third-order valence-electron chi connectivity index (χ3n) is 4.55. The maximum Gasteiger partial charge on any atom is 0.417 e. The number of halogens is 3. The first-order valence-electron chi connectivity index (χ1n) is 9.40. The Morgan fingerprint density at radius 3 is 2.52 bits per heavy atom. The molecule has 0 fully saturated rings. The fourth-order valence-corrected chi connectivity index (χ4v) is 3.04. The lowest BCUT2D eigenvalue weighted by Crippen LogP contribution is -2.31. The molecule has 150 valence electrons. The van der Waals surface area contributed by atoms with Gasteiger partial charge in [-0.3, -0.25) is 9.20 Å². The van der Waals surface area contributed by atoms with Crippen LogP contribution in [0.4, 0.5) is 13.2 Å². The second kappa shape index (κ2) is 9.21. The molecule has 0 bridgehead atoms. The summed E-state index contributed by atoms with van der Waals surface area (Å²) in [5.74, 6) is -0.384. The Morgan fingerprint density at radius 2 is 1.93 bits per heavy atom. The van der Waals surface area contributed by atoms with Crippen LogP contribution in [-0.2, 0) is 12.6 Å². The molecule has 0 saturated carbocycles. The van der Waals surface area contributed by atoms with E-state index in [1.54, 1.807) is 0 Å². The van der Waals surface area contributed by atoms with Crippen molar-refractivity contribution >= 4 is 11.6 Å². The summed E-state index contributed by atoms with van der Waals surface area (Å²) in [5.41, 5.74) is 0.268. The molecule has 0 unspecified atom stereocenters. The summed E-state index contributed by atoms with van der Waals surface area (Å²) in [4.78, 5) is 19.3. The summed E-state index contributed by atoms with van der Waals surface area (Å²) in [6.07, 6.45) is -1.46. The smallest absolute Gasteiger partial charge is 0.351 e. The Kier molecular flexibility index (Phi) is 7.24. The second-order valence-electron chi connectivity index (χ2n) is 6.44. The van der Waals surface area contributed by atoms with Crippen molar-refractivity contribution in [1.82, 2.24) is 19.6 Å². The molecule has 0 aliphatic heterocycles. The maximum atomic E-state index is 13.1. The van der Waals surface area contributed by atoms with Crippen LogP contribution in [0.25, 0.3) is 5.65 Å². The number of carbonyl (C=O) groups is 1. The summed E-state index contributed by atoms with van der Waals surface area (Å²) < 4.78 is 40.4. The van der Waals surface area contributed by atoms with Gasteiger partial charge in [0.15, 0.2) is 0 Å². The van der Waals surface area contributed by atoms with E-state index in [1.165, 1.54) is 10.5 Å². The Balaban J connectivity index is 2.23. The zero-order valence-electron chi connectivity index (χ0n) is 16.1. The van der Waals surface area contributed by atoms with E-state index < -0.39 is 11.7 Å². The fourth-order valence-electron chi connectivity index (χ4n) is 3.04. The van der Waals surface area contributed by atoms with Gasteiger partial charge in [0, 0.05) is 12.7 Å². The normalized spacial score (nSPS) is 12.1. The van der Waals surface area contributed by atoms with Crippen LogP contribution in [0.2, 0.25) is 0 Å². The number of hydrogen-bond donors (Lipinski definition) is 1. The molecule has 0 aromatic carbocycles. The van der Waals surface area contributed by atoms with Gasteiger partial charge in [-0.25, -0.2) is 4.98 Å². The highest BCUT2D eigenvalue weighted by molar-refractivity contribution is 5.94. The first kappa shape index (κ1) is 21.2. The van der Waals surface area contributed by atoms with Gasteiger partial charge in [-0.2, -0.15) is 13.2 Å². The quantitative estimate of drug-likeness (QED) is 0.670. The molecule has 1 amide bonds. The van der Waals surface area contributed by atoms with Crippen LogP contribution in [-0.4, -0.2) is 46.4 Å². The van der Waals surface area contributed by atoms with E-state index in [9.17, 15) is 18.0 Å². The highest BCUT2D eigenvalue weighted by atomic mass is 19.4. The van der Waals surface area contributed by atoms with E-state index >= 15 is 0 Å². The van der Waals surface area contributed by atoms with E-state index in [2.05, 4.69) is 29.0 Å². The Labute approximate surface area is 157 Å². The van der Waals surface area contributed by atoms with Crippen LogP contribution >= 0.6 is 0 Å². The molecule has 0 aliphatic rings. The number of imidazole rings is 1. The lowest BCUT2D eigenvalue weighted by molar-refractivity contribution is -0.137. The predicted octanol–water partition coefficient (Wildman–Crippen LogP) is 3.77. The highest BCUT2D eigenvalue weighted by Crippen LogP contribution is 2.30. The van der Waals surface area contributed by atoms with Crippen molar-refractivity contribution < 1.29 is 18.0 Å². The van der Waals surface area contributed by atoms with Crippen LogP contribution in [0.1, 0.15) is 55.4 Å². The highest BCUT2D eigenvalue weighted by Gasteiger charge is 2.31. The lowest BCUT2D eigenvalue weighted by Gasteiger charge is -2.17. The second-order valence-corrected chi connectivity index (χ2v) is 6.44. The number of fused-ring (bicyclic) bond motifs is 1. The summed E-state index contributed by atoms with van der Waals surface area (Å²) >= 11 is 0. The minimum Gasteiger partial charge on any atom is -0.351 e. The number of amides is 1. The zero-order valence-corrected chi connectivity index (χ0v) is 16.1. The Morgan fingerprint density at radius 1 is 1.22 bits per heavy atom. The zero-order chi connectivity index (χ0) is 20.0. The number of aryl methyl sites for hydroxylation is 1. The molecule has 0 atom stereocenters. The molecule has 5 nitrogen and oxygen atoms in total. The topological polar surface area (TPSA) is 49.6 Å². The van der Waals surface area contributed by atoms with Gasteiger partial charge in [0.1, 0.15) is 11.3 Å². The summed E-state index contributed by atoms with van der Waals surface area (Å²) in [6.45, 7) is 9.31. The number of hydrogen-bond acceptors (Lipinski definition) is 3. The molecule has 27 heavy (non-hydrogen) atoms. The van der Waals surface area contributed by atoms with Gasteiger partial charge in [-0.1, -0.05) is 27.2 Å². The van der Waals surface area contributed by atoms with Gasteiger partial charge in [-0.05, 0) is 44.6 Å². The van der Waals surface area contributed by atoms with Crippen molar-refractivity contribution in [2.45, 2.75) is 46.2 Å². The summed E-state index contributed by atoms with van der Waals surface area (Å²) in [6, 6.07) is 2.29. The van der Waals surface area contributed by atoms with Gasteiger partial charge in [0.05, 0.1) is 11.3 Å². The van der Waals surface area contributed by atoms with Gasteiger partial charge in [-0.15, -0.1) is 0 Å². The first-order chi connectivity index (χ1) is 12.8. The van der Waals surface area contributed by atoms with Crippen LogP contribution in [0, 0.1) is 0 Å². The fraction of sp³-hybridized carbons (Fsp3) is 0.579. The van der Waals surface area contributed by atoms with E-state index in [-0.39, 0.29) is 11.6 Å². The number of carbonyl (C=O) groups excluding carboxylic acids is 1. The SMILES string of the molecule is CCCc1nc2ccc(C(F)(F)F)cn2c1C(=O)NCCCN(CC)CC. The van der Waals surface area contributed by atoms with Crippen molar-refractivity contribution in [1.29, 1.82) is 0 Å². The number of rotatable bonds is 9. The number of aromatic nitrogens is 2. The molecular formula is C19H27F3N4O. The molecule has 0 radical (unpaired) electrons. The maximum absolute atomic E-state index is 13.1. The van der Waals surface area contributed by atoms with Crippen molar-refractivity contribution in [2.75, 3.05) is 26.2 Å². The standard InChI is InChI=1S/C19H27F3N4O/c1-4-8-15-17(18(27)23-11-7-12-25(5-2)6-3)26-13-14(19(20,21)22)9-10-16(26)24-15/h9-10,13H,4-8,11-12H2,1-3H3,(H,23,27). The van der Waals surface area contributed by atoms with E-state index in [0.29, 0.717) is 24.3 Å². The minimum absolute atomic E-state index is 0.195. The Bertz CT molecular complexity index is 766. The number of pyridine rings is 1. The molecule has 8 heteroatoms. The van der Waals surface area contributed by atoms with E-state index in [0.717, 1.165) is 44.7 Å². The monoisotopic (exact) mass is 384 g/mol. The molecule has 0 saturated heterocycles. The first-order valence-corrected chi connectivity index (χ1v) is 9.40. The van der Waals surface area contributed by atoms with E-state index in [1.807, 2.05) is 6.92 Å². The van der Waals surface area contributed by atoms with E-state index in [4.69, 9.17) is 0 Å². The third kappa shape index (κ3) is 5.22. The molecule has 2 aromatic heterocycles. The number of alkyl halides is 3. The predicted molar refractivity (Wildman–Crippen MR) is 98.9 cm³/mol. The lowest BCUT2D eigenvalue weighted by atomic mass is 10.2. The molecule has 1 N–H and O–H groups in total. The summed E-state index contributed by atoms with van der Waals surface area (Å²) in [7, 11) is 0. The minimum atomic E-state index is -4.47. The average Bonchev–Trinajstić information content (AvgIpc) is 2.98. The van der Waals surface area contributed by atoms with Crippen molar-refractivity contribution in [3.05, 3.63) is 35.3 Å². The molecular weight excluding hydrogens is 357 g/mol. The van der Waals surface area contributed by atoms with Crippen LogP contribution in [0.3, 0.4) is 0 Å². The third-order valence-corrected chi connectivity index (χ3v) is 4.55. The molecule has 2 aromatic rings. The van der Waals surface area contributed by atoms with Gasteiger partial charge >= 0.3 is 6.18 Å². The van der Waals surface area contributed by atoms with Gasteiger partial charge in [0.25, 0.3) is 5.91 Å². The van der Waals surface area contributed by atoms with Gasteiger partial charge in [0.2, 0.25) is 0 Å². The molecule has 0 spiro atoms.